The number of H-pyrrole nitrogens is 1. The van der Waals surface area contributed by atoms with Gasteiger partial charge in [0.05, 0.1) is 29.4 Å². The maximum Gasteiger partial charge on any atom is 0.331 e. The fraction of sp³-hybridized carbons (Fsp3) is 0.190. The van der Waals surface area contributed by atoms with Crippen molar-refractivity contribution in [3.63, 3.8) is 0 Å². The van der Waals surface area contributed by atoms with Crippen LogP contribution < -0.4 is 11.0 Å². The Bertz CT molecular complexity index is 1390. The highest BCUT2D eigenvalue weighted by molar-refractivity contribution is 6.32. The molecular formula is C21H17ClFN7O2. The third-order valence-corrected chi connectivity index (χ3v) is 5.04. The molecule has 1 aromatic carbocycles. The Morgan fingerprint density at radius 1 is 1.41 bits per heavy atom. The Morgan fingerprint density at radius 2 is 2.22 bits per heavy atom. The number of nitriles is 1. The Kier molecular flexibility index (Phi) is 5.75. The normalized spacial score (nSPS) is 11.9. The maximum absolute atomic E-state index is 14.0. The zero-order chi connectivity index (χ0) is 22.8. The Balaban J connectivity index is 1.39. The van der Waals surface area contributed by atoms with Gasteiger partial charge in [-0.2, -0.15) is 10.4 Å². The summed E-state index contributed by atoms with van der Waals surface area (Å²) >= 11 is 5.96. The van der Waals surface area contributed by atoms with Gasteiger partial charge in [0.25, 0.3) is 0 Å². The summed E-state index contributed by atoms with van der Waals surface area (Å²) in [5.74, 6) is -0.954. The second kappa shape index (κ2) is 8.64. The molecule has 11 heteroatoms. The van der Waals surface area contributed by atoms with E-state index in [1.165, 1.54) is 28.9 Å². The van der Waals surface area contributed by atoms with E-state index in [1.807, 2.05) is 6.92 Å². The van der Waals surface area contributed by atoms with Crippen LogP contribution in [0.3, 0.4) is 0 Å². The SMILES string of the molecule is C[C@@H](Cn1ccc(-c2cc(F)c(C#N)c(Cl)c2)n1)NC(=O)Cc1cn2c(=O)[nH]ccc2n1. The third-order valence-electron chi connectivity index (χ3n) is 4.74. The van der Waals surface area contributed by atoms with Crippen LogP contribution in [0, 0.1) is 17.1 Å². The van der Waals surface area contributed by atoms with Crippen molar-refractivity contribution in [2.24, 2.45) is 0 Å². The summed E-state index contributed by atoms with van der Waals surface area (Å²) < 4.78 is 17.0. The Morgan fingerprint density at radius 3 is 2.94 bits per heavy atom. The molecule has 0 spiro atoms. The molecule has 0 unspecified atom stereocenters. The summed E-state index contributed by atoms with van der Waals surface area (Å²) in [6.45, 7) is 2.20. The monoisotopic (exact) mass is 453 g/mol. The van der Waals surface area contributed by atoms with Crippen LogP contribution in [0.1, 0.15) is 18.2 Å². The van der Waals surface area contributed by atoms with E-state index in [0.717, 1.165) is 0 Å². The molecule has 0 aliphatic heterocycles. The average molecular weight is 454 g/mol. The molecule has 0 aliphatic carbocycles. The molecule has 0 radical (unpaired) electrons. The number of rotatable bonds is 6. The molecular weight excluding hydrogens is 437 g/mol. The van der Waals surface area contributed by atoms with Gasteiger partial charge in [-0.05, 0) is 31.2 Å². The fourth-order valence-electron chi connectivity index (χ4n) is 3.33. The van der Waals surface area contributed by atoms with Crippen molar-refractivity contribution in [1.82, 2.24) is 29.5 Å². The molecule has 4 aromatic rings. The van der Waals surface area contributed by atoms with E-state index in [0.29, 0.717) is 29.1 Å². The molecule has 1 atom stereocenters. The van der Waals surface area contributed by atoms with Crippen LogP contribution in [0.2, 0.25) is 5.02 Å². The lowest BCUT2D eigenvalue weighted by molar-refractivity contribution is -0.121. The summed E-state index contributed by atoms with van der Waals surface area (Å²) in [6, 6.07) is 7.51. The minimum atomic E-state index is -0.709. The molecule has 32 heavy (non-hydrogen) atoms. The number of imidazole rings is 1. The maximum atomic E-state index is 14.0. The highest BCUT2D eigenvalue weighted by Crippen LogP contribution is 2.26. The minimum absolute atomic E-state index is 0.0200. The number of carbonyl (C=O) groups is 1. The molecule has 0 saturated carbocycles. The minimum Gasteiger partial charge on any atom is -0.351 e. The summed E-state index contributed by atoms with van der Waals surface area (Å²) in [5, 5.41) is 16.2. The lowest BCUT2D eigenvalue weighted by Gasteiger charge is -2.13. The molecule has 2 N–H and O–H groups in total. The highest BCUT2D eigenvalue weighted by atomic mass is 35.5. The van der Waals surface area contributed by atoms with Crippen LogP contribution in [0.5, 0.6) is 0 Å². The number of aromatic amines is 1. The van der Waals surface area contributed by atoms with Gasteiger partial charge in [-0.15, -0.1) is 0 Å². The van der Waals surface area contributed by atoms with Crippen LogP contribution in [-0.2, 0) is 17.8 Å². The lowest BCUT2D eigenvalue weighted by atomic mass is 10.1. The van der Waals surface area contributed by atoms with E-state index in [4.69, 9.17) is 16.9 Å². The predicted octanol–water partition coefficient (Wildman–Crippen LogP) is 2.30. The van der Waals surface area contributed by atoms with E-state index in [2.05, 4.69) is 20.4 Å². The van der Waals surface area contributed by atoms with Crippen LogP contribution in [-0.4, -0.2) is 36.1 Å². The van der Waals surface area contributed by atoms with Crippen LogP contribution in [0.4, 0.5) is 4.39 Å². The molecule has 162 valence electrons. The average Bonchev–Trinajstić information content (AvgIpc) is 3.35. The first-order valence-electron chi connectivity index (χ1n) is 9.62. The molecule has 9 nitrogen and oxygen atoms in total. The summed E-state index contributed by atoms with van der Waals surface area (Å²) in [6.07, 6.45) is 4.75. The van der Waals surface area contributed by atoms with E-state index >= 15 is 0 Å². The molecule has 0 aliphatic rings. The number of nitrogens with zero attached hydrogens (tertiary/aromatic N) is 5. The summed E-state index contributed by atoms with van der Waals surface area (Å²) in [5.41, 5.74) is 1.35. The topological polar surface area (TPSA) is 121 Å². The molecule has 3 aromatic heterocycles. The van der Waals surface area contributed by atoms with E-state index in [9.17, 15) is 14.0 Å². The first-order chi connectivity index (χ1) is 15.3. The second-order valence-corrected chi connectivity index (χ2v) is 7.65. The Hall–Kier alpha value is -3.97. The van der Waals surface area contributed by atoms with Gasteiger partial charge in [0.2, 0.25) is 5.91 Å². The molecule has 3 heterocycles. The van der Waals surface area contributed by atoms with E-state index < -0.39 is 5.82 Å². The summed E-state index contributed by atoms with van der Waals surface area (Å²) in [4.78, 5) is 30.9. The van der Waals surface area contributed by atoms with Gasteiger partial charge < -0.3 is 10.3 Å². The first-order valence-corrected chi connectivity index (χ1v) is 10.00. The molecule has 1 amide bonds. The number of benzene rings is 1. The third kappa shape index (κ3) is 4.38. The van der Waals surface area contributed by atoms with Gasteiger partial charge >= 0.3 is 5.69 Å². The van der Waals surface area contributed by atoms with Gasteiger partial charge in [-0.1, -0.05) is 11.6 Å². The van der Waals surface area contributed by atoms with Gasteiger partial charge in [-0.3, -0.25) is 13.9 Å². The van der Waals surface area contributed by atoms with Crippen molar-refractivity contribution < 1.29 is 9.18 Å². The number of hydrogen-bond acceptors (Lipinski definition) is 5. The largest absolute Gasteiger partial charge is 0.351 e. The van der Waals surface area contributed by atoms with Crippen molar-refractivity contribution >= 4 is 23.2 Å². The molecule has 0 saturated heterocycles. The predicted molar refractivity (Wildman–Crippen MR) is 114 cm³/mol. The van der Waals surface area contributed by atoms with Crippen LogP contribution in [0.25, 0.3) is 16.9 Å². The number of nitrogens with one attached hydrogen (secondary N) is 2. The van der Waals surface area contributed by atoms with E-state index in [1.54, 1.807) is 29.1 Å². The van der Waals surface area contributed by atoms with Crippen molar-refractivity contribution in [3.8, 4) is 17.3 Å². The van der Waals surface area contributed by atoms with Crippen molar-refractivity contribution in [1.29, 1.82) is 5.26 Å². The molecule has 0 fully saturated rings. The van der Waals surface area contributed by atoms with E-state index in [-0.39, 0.29) is 34.6 Å². The quantitative estimate of drug-likeness (QED) is 0.464. The number of carbonyl (C=O) groups excluding carboxylic acids is 1. The number of amides is 1. The molecule has 0 bridgehead atoms. The van der Waals surface area contributed by atoms with Crippen LogP contribution in [0.15, 0.2) is 47.7 Å². The fourth-order valence-corrected chi connectivity index (χ4v) is 3.58. The van der Waals surface area contributed by atoms with Gasteiger partial charge in [-0.25, -0.2) is 14.2 Å². The van der Waals surface area contributed by atoms with Crippen LogP contribution >= 0.6 is 11.6 Å². The first kappa shape index (κ1) is 21.3. The Labute approximate surface area is 186 Å². The van der Waals surface area contributed by atoms with Crippen molar-refractivity contribution in [2.75, 3.05) is 0 Å². The van der Waals surface area contributed by atoms with Gasteiger partial charge in [0.1, 0.15) is 23.1 Å². The zero-order valence-corrected chi connectivity index (χ0v) is 17.6. The number of fused-ring (bicyclic) bond motifs is 1. The second-order valence-electron chi connectivity index (χ2n) is 7.24. The number of halogens is 2. The van der Waals surface area contributed by atoms with Crippen molar-refractivity contribution in [2.45, 2.75) is 25.9 Å². The molecule has 4 rings (SSSR count). The standard InChI is InChI=1S/C21H17ClFN7O2/c1-12(26-20(31)8-14-11-30-19(27-14)2-4-25-21(30)32)10-29-5-3-18(28-29)13-6-16(22)15(9-24)17(23)7-13/h2-7,11-12H,8,10H2,1H3,(H,25,32)(H,26,31)/t12-/m0/s1. The lowest BCUT2D eigenvalue weighted by Crippen LogP contribution is -2.36. The number of aromatic nitrogens is 5. The van der Waals surface area contributed by atoms with Gasteiger partial charge in [0, 0.05) is 30.2 Å². The number of hydrogen-bond donors (Lipinski definition) is 2. The smallest absolute Gasteiger partial charge is 0.331 e. The van der Waals surface area contributed by atoms with Gasteiger partial charge in [0.15, 0.2) is 0 Å². The highest BCUT2D eigenvalue weighted by Gasteiger charge is 2.14. The zero-order valence-electron chi connectivity index (χ0n) is 16.8. The van der Waals surface area contributed by atoms with Crippen molar-refractivity contribution in [3.05, 3.63) is 75.4 Å². The summed E-state index contributed by atoms with van der Waals surface area (Å²) in [7, 11) is 0.